The molecule has 0 spiro atoms. The molecule has 0 atom stereocenters. The Morgan fingerprint density at radius 2 is 2.30 bits per heavy atom. The van der Waals surface area contributed by atoms with Crippen LogP contribution in [0.1, 0.15) is 5.69 Å². The number of rotatable bonds is 1. The van der Waals surface area contributed by atoms with Crippen molar-refractivity contribution in [3.8, 4) is 5.75 Å². The molecular formula is C6H6ClNO2. The molecule has 0 saturated carbocycles. The summed E-state index contributed by atoms with van der Waals surface area (Å²) in [5.74, 6) is 0.173. The first-order valence-electron chi connectivity index (χ1n) is 2.68. The van der Waals surface area contributed by atoms with E-state index in [2.05, 4.69) is 9.87 Å². The van der Waals surface area contributed by atoms with Crippen LogP contribution in [0.3, 0.4) is 0 Å². The maximum absolute atomic E-state index is 8.18. The van der Waals surface area contributed by atoms with Crippen LogP contribution < -0.4 is 4.89 Å². The molecule has 1 heterocycles. The first kappa shape index (κ1) is 7.31. The maximum atomic E-state index is 8.18. The van der Waals surface area contributed by atoms with Crippen molar-refractivity contribution in [2.75, 3.05) is 0 Å². The smallest absolute Gasteiger partial charge is 0.202 e. The van der Waals surface area contributed by atoms with Crippen molar-refractivity contribution < 1.29 is 10.1 Å². The Hall–Kier alpha value is -0.800. The lowest BCUT2D eigenvalue weighted by Crippen LogP contribution is -1.88. The van der Waals surface area contributed by atoms with Gasteiger partial charge in [-0.25, -0.2) is 10.2 Å². The van der Waals surface area contributed by atoms with Crippen molar-refractivity contribution in [2.24, 2.45) is 0 Å². The highest BCUT2D eigenvalue weighted by atomic mass is 35.5. The van der Waals surface area contributed by atoms with Crippen LogP contribution in [0.25, 0.3) is 0 Å². The van der Waals surface area contributed by atoms with Crippen LogP contribution in [0.15, 0.2) is 12.1 Å². The van der Waals surface area contributed by atoms with Crippen LogP contribution >= 0.6 is 11.6 Å². The van der Waals surface area contributed by atoms with Gasteiger partial charge in [-0.2, -0.15) is 0 Å². The molecule has 0 bridgehead atoms. The van der Waals surface area contributed by atoms with Gasteiger partial charge in [0.25, 0.3) is 0 Å². The average Bonchev–Trinajstić information content (AvgIpc) is 1.88. The normalized spacial score (nSPS) is 9.50. The largest absolute Gasteiger partial charge is 0.337 e. The first-order valence-corrected chi connectivity index (χ1v) is 3.06. The van der Waals surface area contributed by atoms with Gasteiger partial charge >= 0.3 is 0 Å². The molecule has 1 rings (SSSR count). The lowest BCUT2D eigenvalue weighted by atomic mass is 10.4. The summed E-state index contributed by atoms with van der Waals surface area (Å²) >= 11 is 5.53. The Kier molecular flexibility index (Phi) is 2.09. The van der Waals surface area contributed by atoms with Gasteiger partial charge in [0.05, 0.1) is 0 Å². The molecule has 0 unspecified atom stereocenters. The number of aryl methyl sites for hydroxylation is 1. The van der Waals surface area contributed by atoms with E-state index in [1.807, 2.05) is 0 Å². The number of aromatic nitrogens is 1. The molecule has 1 N–H and O–H groups in total. The third-order valence-electron chi connectivity index (χ3n) is 1.05. The molecule has 0 fully saturated rings. The fraction of sp³-hybridized carbons (Fsp3) is 0.167. The Balaban J connectivity index is 3.07. The van der Waals surface area contributed by atoms with E-state index in [4.69, 9.17) is 16.9 Å². The van der Waals surface area contributed by atoms with E-state index in [1.54, 1.807) is 19.1 Å². The zero-order valence-corrected chi connectivity index (χ0v) is 6.09. The highest BCUT2D eigenvalue weighted by Crippen LogP contribution is 2.20. The van der Waals surface area contributed by atoms with Crippen LogP contribution in [0.5, 0.6) is 5.75 Å². The van der Waals surface area contributed by atoms with E-state index in [-0.39, 0.29) is 10.9 Å². The van der Waals surface area contributed by atoms with Gasteiger partial charge in [0.2, 0.25) is 5.75 Å². The molecule has 54 valence electrons. The fourth-order valence-electron chi connectivity index (χ4n) is 0.580. The standard InChI is InChI=1S/C6H6ClNO2/c1-4-2-3-5(10-9)6(7)8-4/h2-3,9H,1H3. The third-order valence-corrected chi connectivity index (χ3v) is 1.32. The molecule has 0 radical (unpaired) electrons. The van der Waals surface area contributed by atoms with Crippen molar-refractivity contribution in [3.63, 3.8) is 0 Å². The predicted octanol–water partition coefficient (Wildman–Crippen LogP) is 1.90. The van der Waals surface area contributed by atoms with Crippen molar-refractivity contribution in [2.45, 2.75) is 6.92 Å². The number of pyridine rings is 1. The highest BCUT2D eigenvalue weighted by Gasteiger charge is 2.00. The minimum atomic E-state index is 0.169. The molecule has 4 heteroatoms. The molecule has 0 aliphatic heterocycles. The quantitative estimate of drug-likeness (QED) is 0.387. The summed E-state index contributed by atoms with van der Waals surface area (Å²) in [5, 5.41) is 8.35. The zero-order valence-electron chi connectivity index (χ0n) is 5.34. The van der Waals surface area contributed by atoms with Crippen LogP contribution in [-0.2, 0) is 0 Å². The second kappa shape index (κ2) is 2.86. The molecule has 0 saturated heterocycles. The summed E-state index contributed by atoms with van der Waals surface area (Å²) in [5.41, 5.74) is 0.783. The van der Waals surface area contributed by atoms with E-state index in [0.717, 1.165) is 5.69 Å². The summed E-state index contributed by atoms with van der Waals surface area (Å²) in [6.45, 7) is 1.80. The van der Waals surface area contributed by atoms with Crippen LogP contribution in [0.2, 0.25) is 5.15 Å². The maximum Gasteiger partial charge on any atom is 0.202 e. The van der Waals surface area contributed by atoms with Crippen LogP contribution in [0, 0.1) is 6.92 Å². The van der Waals surface area contributed by atoms with Gasteiger partial charge in [-0.1, -0.05) is 11.6 Å². The molecule has 0 aliphatic carbocycles. The Labute approximate surface area is 63.2 Å². The number of halogens is 1. The van der Waals surface area contributed by atoms with Gasteiger partial charge in [-0.15, -0.1) is 0 Å². The monoisotopic (exact) mass is 159 g/mol. The molecule has 3 nitrogen and oxygen atoms in total. The Morgan fingerprint density at radius 3 is 2.80 bits per heavy atom. The highest BCUT2D eigenvalue weighted by molar-refractivity contribution is 6.30. The molecular weight excluding hydrogens is 154 g/mol. The van der Waals surface area contributed by atoms with Crippen LogP contribution in [0.4, 0.5) is 0 Å². The summed E-state index contributed by atoms with van der Waals surface area (Å²) in [6, 6.07) is 3.24. The van der Waals surface area contributed by atoms with Crippen molar-refractivity contribution >= 4 is 11.6 Å². The second-order valence-corrected chi connectivity index (χ2v) is 2.19. The topological polar surface area (TPSA) is 42.4 Å². The van der Waals surface area contributed by atoms with E-state index in [9.17, 15) is 0 Å². The number of hydrogen-bond acceptors (Lipinski definition) is 3. The zero-order chi connectivity index (χ0) is 7.56. The Morgan fingerprint density at radius 1 is 1.60 bits per heavy atom. The van der Waals surface area contributed by atoms with Crippen molar-refractivity contribution in [3.05, 3.63) is 23.0 Å². The number of nitrogens with zero attached hydrogens (tertiary/aromatic N) is 1. The third kappa shape index (κ3) is 1.37. The molecule has 0 aliphatic rings. The average molecular weight is 160 g/mol. The van der Waals surface area contributed by atoms with Crippen molar-refractivity contribution in [1.82, 2.24) is 4.98 Å². The summed E-state index contributed by atoms with van der Waals surface area (Å²) in [7, 11) is 0. The predicted molar refractivity (Wildman–Crippen MR) is 37.2 cm³/mol. The number of hydrogen-bond donors (Lipinski definition) is 1. The van der Waals surface area contributed by atoms with E-state index >= 15 is 0 Å². The lowest BCUT2D eigenvalue weighted by molar-refractivity contribution is -0.137. The fourth-order valence-corrected chi connectivity index (χ4v) is 0.811. The SMILES string of the molecule is Cc1ccc(OO)c(Cl)n1. The van der Waals surface area contributed by atoms with E-state index in [1.165, 1.54) is 0 Å². The summed E-state index contributed by atoms with van der Waals surface area (Å²) in [4.78, 5) is 7.73. The van der Waals surface area contributed by atoms with Gasteiger partial charge in [0, 0.05) is 5.69 Å². The minimum Gasteiger partial charge on any atom is -0.337 e. The first-order chi connectivity index (χ1) is 4.74. The molecule has 1 aromatic rings. The second-order valence-electron chi connectivity index (χ2n) is 1.83. The van der Waals surface area contributed by atoms with Crippen molar-refractivity contribution in [1.29, 1.82) is 0 Å². The van der Waals surface area contributed by atoms with Gasteiger partial charge in [-0.05, 0) is 19.1 Å². The molecule has 0 amide bonds. The van der Waals surface area contributed by atoms with Gasteiger partial charge in [-0.3, -0.25) is 0 Å². The lowest BCUT2D eigenvalue weighted by Gasteiger charge is -1.98. The van der Waals surface area contributed by atoms with E-state index in [0.29, 0.717) is 0 Å². The minimum absolute atomic E-state index is 0.169. The van der Waals surface area contributed by atoms with E-state index < -0.39 is 0 Å². The molecule has 1 aromatic heterocycles. The summed E-state index contributed by atoms with van der Waals surface area (Å²) < 4.78 is 0. The molecule has 0 aromatic carbocycles. The van der Waals surface area contributed by atoms with Gasteiger partial charge in [0.15, 0.2) is 5.15 Å². The van der Waals surface area contributed by atoms with Gasteiger partial charge < -0.3 is 4.89 Å². The summed E-state index contributed by atoms with van der Waals surface area (Å²) in [6.07, 6.45) is 0. The Bertz CT molecular complexity index is 239. The van der Waals surface area contributed by atoms with Gasteiger partial charge in [0.1, 0.15) is 0 Å². The molecule has 10 heavy (non-hydrogen) atoms. The van der Waals surface area contributed by atoms with Crippen LogP contribution in [-0.4, -0.2) is 10.2 Å².